The lowest BCUT2D eigenvalue weighted by Gasteiger charge is -2.15. The maximum Gasteiger partial charge on any atom is 0.349 e. The molecule has 0 amide bonds. The van der Waals surface area contributed by atoms with Crippen LogP contribution in [0.4, 0.5) is 0 Å². The van der Waals surface area contributed by atoms with Crippen LogP contribution in [-0.2, 0) is 12.0 Å². The van der Waals surface area contributed by atoms with E-state index in [9.17, 15) is 9.90 Å². The fraction of sp³-hybridized carbons (Fsp3) is 0.353. The number of aryl methyl sites for hydroxylation is 1. The van der Waals surface area contributed by atoms with Crippen molar-refractivity contribution in [1.82, 2.24) is 0 Å². The molecule has 112 valence electrons. The van der Waals surface area contributed by atoms with E-state index in [4.69, 9.17) is 4.74 Å². The molecule has 3 nitrogen and oxygen atoms in total. The maximum absolute atomic E-state index is 11.4. The van der Waals surface area contributed by atoms with E-state index in [1.165, 1.54) is 11.3 Å². The molecule has 1 aromatic heterocycles. The van der Waals surface area contributed by atoms with Crippen LogP contribution in [0, 0.1) is 6.92 Å². The molecular weight excluding hydrogens is 284 g/mol. The predicted molar refractivity (Wildman–Crippen MR) is 85.5 cm³/mol. The fourth-order valence-corrected chi connectivity index (χ4v) is 2.93. The van der Waals surface area contributed by atoms with Gasteiger partial charge < -0.3 is 9.84 Å². The first-order valence-corrected chi connectivity index (χ1v) is 7.65. The molecule has 1 heterocycles. The summed E-state index contributed by atoms with van der Waals surface area (Å²) in [5, 5.41) is 9.33. The van der Waals surface area contributed by atoms with E-state index >= 15 is 0 Å². The topological polar surface area (TPSA) is 46.5 Å². The standard InChI is InChI=1S/C17H20O3S/c1-11-7-5-6-8-12(11)10-20-13-9-14(17(2,3)4)21-15(13)16(18)19/h5-9H,10H2,1-4H3,(H,18,19). The molecule has 2 rings (SSSR count). The van der Waals surface area contributed by atoms with Crippen molar-refractivity contribution in [3.05, 3.63) is 51.2 Å². The zero-order valence-electron chi connectivity index (χ0n) is 12.8. The number of hydrogen-bond donors (Lipinski definition) is 1. The molecule has 1 N–H and O–H groups in total. The zero-order chi connectivity index (χ0) is 15.6. The lowest BCUT2D eigenvalue weighted by molar-refractivity contribution is 0.0697. The van der Waals surface area contributed by atoms with E-state index in [0.29, 0.717) is 12.4 Å². The summed E-state index contributed by atoms with van der Waals surface area (Å²) < 4.78 is 5.77. The van der Waals surface area contributed by atoms with E-state index in [1.807, 2.05) is 37.3 Å². The third-order valence-corrected chi connectivity index (χ3v) is 4.81. The molecule has 0 radical (unpaired) electrons. The minimum atomic E-state index is -0.935. The van der Waals surface area contributed by atoms with Gasteiger partial charge in [0.15, 0.2) is 4.88 Å². The van der Waals surface area contributed by atoms with Gasteiger partial charge in [0.1, 0.15) is 12.4 Å². The third-order valence-electron chi connectivity index (χ3n) is 3.28. The van der Waals surface area contributed by atoms with Crippen LogP contribution in [0.5, 0.6) is 5.75 Å². The van der Waals surface area contributed by atoms with Crippen molar-refractivity contribution >= 4 is 17.3 Å². The molecule has 0 unspecified atom stereocenters. The van der Waals surface area contributed by atoms with Crippen LogP contribution in [-0.4, -0.2) is 11.1 Å². The normalized spacial score (nSPS) is 11.4. The minimum Gasteiger partial charge on any atom is -0.487 e. The Morgan fingerprint density at radius 1 is 1.29 bits per heavy atom. The lowest BCUT2D eigenvalue weighted by atomic mass is 9.95. The molecular formula is C17H20O3S. The van der Waals surface area contributed by atoms with E-state index in [-0.39, 0.29) is 10.3 Å². The zero-order valence-corrected chi connectivity index (χ0v) is 13.6. The number of rotatable bonds is 4. The van der Waals surface area contributed by atoms with Gasteiger partial charge in [-0.15, -0.1) is 11.3 Å². The molecule has 0 saturated heterocycles. The molecule has 2 aromatic rings. The first kappa shape index (κ1) is 15.6. The van der Waals surface area contributed by atoms with Gasteiger partial charge in [-0.2, -0.15) is 0 Å². The number of carboxylic acid groups (broad SMARTS) is 1. The third kappa shape index (κ3) is 3.64. The first-order valence-electron chi connectivity index (χ1n) is 6.84. The molecule has 0 aliphatic heterocycles. The first-order chi connectivity index (χ1) is 9.79. The Morgan fingerprint density at radius 2 is 1.95 bits per heavy atom. The molecule has 0 fully saturated rings. The van der Waals surface area contributed by atoms with Crippen LogP contribution >= 0.6 is 11.3 Å². The average Bonchev–Trinajstić information content (AvgIpc) is 2.82. The highest BCUT2D eigenvalue weighted by Gasteiger charge is 2.23. The summed E-state index contributed by atoms with van der Waals surface area (Å²) in [5.74, 6) is -0.476. The Balaban J connectivity index is 2.25. The van der Waals surface area contributed by atoms with Crippen molar-refractivity contribution in [2.24, 2.45) is 0 Å². The number of benzene rings is 1. The predicted octanol–water partition coefficient (Wildman–Crippen LogP) is 4.63. The van der Waals surface area contributed by atoms with Gasteiger partial charge in [-0.1, -0.05) is 45.0 Å². The van der Waals surface area contributed by atoms with Crippen LogP contribution in [0.3, 0.4) is 0 Å². The summed E-state index contributed by atoms with van der Waals surface area (Å²) in [7, 11) is 0. The van der Waals surface area contributed by atoms with Crippen LogP contribution in [0.1, 0.15) is 46.4 Å². The van der Waals surface area contributed by atoms with Gasteiger partial charge in [0.05, 0.1) is 0 Å². The fourth-order valence-electron chi connectivity index (χ4n) is 1.93. The second-order valence-electron chi connectivity index (χ2n) is 6.07. The van der Waals surface area contributed by atoms with Crippen molar-refractivity contribution in [2.75, 3.05) is 0 Å². The Hall–Kier alpha value is -1.81. The van der Waals surface area contributed by atoms with Crippen LogP contribution in [0.15, 0.2) is 30.3 Å². The smallest absolute Gasteiger partial charge is 0.349 e. The highest BCUT2D eigenvalue weighted by Crippen LogP contribution is 2.37. The van der Waals surface area contributed by atoms with Crippen molar-refractivity contribution in [3.8, 4) is 5.75 Å². The van der Waals surface area contributed by atoms with Gasteiger partial charge in [0, 0.05) is 4.88 Å². The number of thiophene rings is 1. The average molecular weight is 304 g/mol. The summed E-state index contributed by atoms with van der Waals surface area (Å²) >= 11 is 1.29. The quantitative estimate of drug-likeness (QED) is 0.895. The second kappa shape index (κ2) is 5.90. The molecule has 0 aliphatic rings. The SMILES string of the molecule is Cc1ccccc1COc1cc(C(C)(C)C)sc1C(=O)O. The van der Waals surface area contributed by atoms with E-state index in [0.717, 1.165) is 16.0 Å². The largest absolute Gasteiger partial charge is 0.487 e. The van der Waals surface area contributed by atoms with E-state index in [1.54, 1.807) is 0 Å². The molecule has 4 heteroatoms. The van der Waals surface area contributed by atoms with Crippen LogP contribution in [0.25, 0.3) is 0 Å². The summed E-state index contributed by atoms with van der Waals surface area (Å²) in [5.41, 5.74) is 2.12. The summed E-state index contributed by atoms with van der Waals surface area (Å²) in [6.45, 7) is 8.60. The highest BCUT2D eigenvalue weighted by atomic mass is 32.1. The van der Waals surface area contributed by atoms with Gasteiger partial charge in [-0.25, -0.2) is 4.79 Å². The monoisotopic (exact) mass is 304 g/mol. The van der Waals surface area contributed by atoms with Crippen molar-refractivity contribution in [2.45, 2.75) is 39.7 Å². The lowest BCUT2D eigenvalue weighted by Crippen LogP contribution is -2.08. The number of carbonyl (C=O) groups is 1. The van der Waals surface area contributed by atoms with Gasteiger partial charge >= 0.3 is 5.97 Å². The van der Waals surface area contributed by atoms with Gasteiger partial charge in [0.25, 0.3) is 0 Å². The summed E-state index contributed by atoms with van der Waals surface area (Å²) in [6.07, 6.45) is 0. The molecule has 21 heavy (non-hydrogen) atoms. The summed E-state index contributed by atoms with van der Waals surface area (Å²) in [4.78, 5) is 12.7. The minimum absolute atomic E-state index is 0.0842. The molecule has 0 atom stereocenters. The number of hydrogen-bond acceptors (Lipinski definition) is 3. The molecule has 1 aromatic carbocycles. The summed E-state index contributed by atoms with van der Waals surface area (Å²) in [6, 6.07) is 9.80. The number of aromatic carboxylic acids is 1. The van der Waals surface area contributed by atoms with Gasteiger partial charge in [-0.3, -0.25) is 0 Å². The molecule has 0 spiro atoms. The number of ether oxygens (including phenoxy) is 1. The maximum atomic E-state index is 11.4. The Labute approximate surface area is 129 Å². The van der Waals surface area contributed by atoms with Crippen LogP contribution < -0.4 is 4.74 Å². The van der Waals surface area contributed by atoms with E-state index in [2.05, 4.69) is 20.8 Å². The van der Waals surface area contributed by atoms with Gasteiger partial charge in [-0.05, 0) is 29.5 Å². The molecule has 0 bridgehead atoms. The van der Waals surface area contributed by atoms with Crippen molar-refractivity contribution in [3.63, 3.8) is 0 Å². The molecule has 0 saturated carbocycles. The number of carboxylic acids is 1. The Morgan fingerprint density at radius 3 is 2.52 bits per heavy atom. The van der Waals surface area contributed by atoms with E-state index < -0.39 is 5.97 Å². The van der Waals surface area contributed by atoms with Crippen molar-refractivity contribution in [1.29, 1.82) is 0 Å². The van der Waals surface area contributed by atoms with Crippen LogP contribution in [0.2, 0.25) is 0 Å². The Kier molecular flexibility index (Phi) is 4.37. The Bertz CT molecular complexity index is 650. The second-order valence-corrected chi connectivity index (χ2v) is 7.13. The highest BCUT2D eigenvalue weighted by molar-refractivity contribution is 7.14. The molecule has 0 aliphatic carbocycles. The van der Waals surface area contributed by atoms with Gasteiger partial charge in [0.2, 0.25) is 0 Å². The van der Waals surface area contributed by atoms with Crippen molar-refractivity contribution < 1.29 is 14.6 Å².